The van der Waals surface area contributed by atoms with Crippen LogP contribution in [-0.2, 0) is 17.8 Å². The lowest BCUT2D eigenvalue weighted by Crippen LogP contribution is -2.39. The topological polar surface area (TPSA) is 97.9 Å². The zero-order valence-corrected chi connectivity index (χ0v) is 12.8. The van der Waals surface area contributed by atoms with Gasteiger partial charge in [-0.05, 0) is 20.3 Å². The van der Waals surface area contributed by atoms with E-state index in [-0.39, 0.29) is 5.91 Å². The smallest absolute Gasteiger partial charge is 0.226 e. The van der Waals surface area contributed by atoms with Crippen LogP contribution in [0.2, 0.25) is 0 Å². The fourth-order valence-electron chi connectivity index (χ4n) is 2.62. The molecule has 0 spiro atoms. The van der Waals surface area contributed by atoms with Gasteiger partial charge in [0.05, 0.1) is 6.54 Å². The summed E-state index contributed by atoms with van der Waals surface area (Å²) in [5, 5.41) is 14.2. The average molecular weight is 304 g/mol. The predicted molar refractivity (Wildman–Crippen MR) is 79.4 cm³/mol. The van der Waals surface area contributed by atoms with Crippen molar-refractivity contribution in [2.45, 2.75) is 45.7 Å². The first-order chi connectivity index (χ1) is 10.6. The third-order valence-corrected chi connectivity index (χ3v) is 3.64. The van der Waals surface area contributed by atoms with E-state index in [2.05, 4.69) is 25.9 Å². The Morgan fingerprint density at radius 3 is 3.14 bits per heavy atom. The van der Waals surface area contributed by atoms with Crippen LogP contribution < -0.4 is 10.6 Å². The van der Waals surface area contributed by atoms with Gasteiger partial charge in [-0.15, -0.1) is 0 Å². The highest BCUT2D eigenvalue weighted by molar-refractivity contribution is 5.89. The quantitative estimate of drug-likeness (QED) is 0.848. The van der Waals surface area contributed by atoms with Gasteiger partial charge in [0, 0.05) is 31.5 Å². The minimum atomic E-state index is -0.0751. The summed E-state index contributed by atoms with van der Waals surface area (Å²) in [7, 11) is 0. The van der Waals surface area contributed by atoms with Crippen molar-refractivity contribution in [3.8, 4) is 0 Å². The van der Waals surface area contributed by atoms with Crippen molar-refractivity contribution >= 4 is 11.7 Å². The van der Waals surface area contributed by atoms with E-state index in [1.807, 2.05) is 11.6 Å². The first-order valence-electron chi connectivity index (χ1n) is 7.47. The van der Waals surface area contributed by atoms with Crippen LogP contribution in [0.25, 0.3) is 0 Å². The van der Waals surface area contributed by atoms with Gasteiger partial charge in [-0.1, -0.05) is 5.16 Å². The Bertz CT molecular complexity index is 662. The van der Waals surface area contributed by atoms with Gasteiger partial charge in [-0.3, -0.25) is 4.79 Å². The van der Waals surface area contributed by atoms with Gasteiger partial charge in [-0.25, -0.2) is 9.67 Å². The molecule has 2 aromatic rings. The normalized spacial score (nSPS) is 17.3. The molecule has 22 heavy (non-hydrogen) atoms. The van der Waals surface area contributed by atoms with Gasteiger partial charge in [0.25, 0.3) is 0 Å². The van der Waals surface area contributed by atoms with Crippen molar-refractivity contribution in [3.63, 3.8) is 0 Å². The Hall–Kier alpha value is -2.22. The molecule has 8 nitrogen and oxygen atoms in total. The molecule has 1 amide bonds. The first kappa shape index (κ1) is 14.7. The minimum Gasteiger partial charge on any atom is -0.360 e. The molecule has 0 unspecified atom stereocenters. The number of rotatable bonds is 5. The number of carbonyl (C=O) groups excluding carboxylic acids is 1. The van der Waals surface area contributed by atoms with Crippen LogP contribution in [0.4, 0.5) is 5.82 Å². The number of aryl methyl sites for hydroxylation is 3. The molecule has 0 aromatic carbocycles. The van der Waals surface area contributed by atoms with Gasteiger partial charge in [0.15, 0.2) is 5.82 Å². The molecule has 0 aliphatic carbocycles. The Morgan fingerprint density at radius 1 is 1.50 bits per heavy atom. The van der Waals surface area contributed by atoms with Gasteiger partial charge in [-0.2, -0.15) is 5.10 Å². The lowest BCUT2D eigenvalue weighted by atomic mass is 10.1. The number of amides is 1. The van der Waals surface area contributed by atoms with E-state index in [0.717, 1.165) is 31.0 Å². The molecule has 0 radical (unpaired) electrons. The SMILES string of the molecule is Cc1nc2n(n1)C[C@H](NCCC(=O)Nc1cc(C)on1)CC2. The monoisotopic (exact) mass is 304 g/mol. The lowest BCUT2D eigenvalue weighted by Gasteiger charge is -2.23. The molecule has 0 saturated heterocycles. The van der Waals surface area contributed by atoms with E-state index in [1.165, 1.54) is 0 Å². The predicted octanol–water partition coefficient (Wildman–Crippen LogP) is 0.816. The standard InChI is InChI=1S/C14H20N6O2/c1-9-7-12(19-22-9)17-14(21)5-6-15-11-3-4-13-16-10(2)18-20(13)8-11/h7,11,15H,3-6,8H2,1-2H3,(H,17,19,21)/t11-/m1/s1. The van der Waals surface area contributed by atoms with Crippen molar-refractivity contribution in [2.75, 3.05) is 11.9 Å². The molecular weight excluding hydrogens is 284 g/mol. The molecular formula is C14H20N6O2. The summed E-state index contributed by atoms with van der Waals surface area (Å²) in [5.41, 5.74) is 0. The van der Waals surface area contributed by atoms with E-state index in [4.69, 9.17) is 4.52 Å². The largest absolute Gasteiger partial charge is 0.360 e. The fraction of sp³-hybridized carbons (Fsp3) is 0.571. The molecule has 2 aromatic heterocycles. The summed E-state index contributed by atoms with van der Waals surface area (Å²) in [6.45, 7) is 5.12. The second-order valence-electron chi connectivity index (χ2n) is 5.57. The number of aromatic nitrogens is 4. The number of nitrogens with zero attached hydrogens (tertiary/aromatic N) is 4. The zero-order valence-electron chi connectivity index (χ0n) is 12.8. The molecule has 0 saturated carbocycles. The summed E-state index contributed by atoms with van der Waals surface area (Å²) >= 11 is 0. The van der Waals surface area contributed by atoms with Crippen molar-refractivity contribution in [3.05, 3.63) is 23.5 Å². The number of fused-ring (bicyclic) bond motifs is 1. The Balaban J connectivity index is 1.41. The average Bonchev–Trinajstić information content (AvgIpc) is 3.03. The Kier molecular flexibility index (Phi) is 4.19. The van der Waals surface area contributed by atoms with Crippen LogP contribution >= 0.6 is 0 Å². The lowest BCUT2D eigenvalue weighted by molar-refractivity contribution is -0.116. The fourth-order valence-corrected chi connectivity index (χ4v) is 2.62. The highest BCUT2D eigenvalue weighted by atomic mass is 16.5. The molecule has 0 bridgehead atoms. The van der Waals surface area contributed by atoms with E-state index < -0.39 is 0 Å². The van der Waals surface area contributed by atoms with Crippen LogP contribution in [0.3, 0.4) is 0 Å². The van der Waals surface area contributed by atoms with Gasteiger partial charge < -0.3 is 15.2 Å². The molecule has 1 aliphatic heterocycles. The van der Waals surface area contributed by atoms with E-state index in [1.54, 1.807) is 13.0 Å². The molecule has 0 fully saturated rings. The van der Waals surface area contributed by atoms with Crippen LogP contribution in [0, 0.1) is 13.8 Å². The van der Waals surface area contributed by atoms with Crippen molar-refractivity contribution in [2.24, 2.45) is 0 Å². The van der Waals surface area contributed by atoms with Crippen molar-refractivity contribution in [1.29, 1.82) is 0 Å². The zero-order chi connectivity index (χ0) is 15.5. The summed E-state index contributed by atoms with van der Waals surface area (Å²) in [5.74, 6) is 2.93. The van der Waals surface area contributed by atoms with Crippen molar-refractivity contribution in [1.82, 2.24) is 25.2 Å². The number of hydrogen-bond donors (Lipinski definition) is 2. The third kappa shape index (κ3) is 3.51. The molecule has 1 aliphatic rings. The highest BCUT2D eigenvalue weighted by Gasteiger charge is 2.20. The maximum absolute atomic E-state index is 11.8. The Labute approximate surface area is 128 Å². The number of hydrogen-bond acceptors (Lipinski definition) is 6. The first-order valence-corrected chi connectivity index (χ1v) is 7.47. The maximum Gasteiger partial charge on any atom is 0.226 e. The van der Waals surface area contributed by atoms with E-state index >= 15 is 0 Å². The molecule has 3 rings (SSSR count). The molecule has 2 N–H and O–H groups in total. The summed E-state index contributed by atoms with van der Waals surface area (Å²) in [6, 6.07) is 2.02. The van der Waals surface area contributed by atoms with Crippen LogP contribution in [0.1, 0.15) is 30.3 Å². The van der Waals surface area contributed by atoms with Gasteiger partial charge in [0.2, 0.25) is 5.91 Å². The van der Waals surface area contributed by atoms with Gasteiger partial charge in [0.1, 0.15) is 17.4 Å². The molecule has 118 valence electrons. The number of carbonyl (C=O) groups is 1. The third-order valence-electron chi connectivity index (χ3n) is 3.64. The highest BCUT2D eigenvalue weighted by Crippen LogP contribution is 2.13. The Morgan fingerprint density at radius 2 is 2.36 bits per heavy atom. The summed E-state index contributed by atoms with van der Waals surface area (Å²) in [6.07, 6.45) is 2.33. The second kappa shape index (κ2) is 6.27. The molecule has 8 heteroatoms. The van der Waals surface area contributed by atoms with Crippen LogP contribution in [0.15, 0.2) is 10.6 Å². The number of nitrogens with one attached hydrogen (secondary N) is 2. The summed E-state index contributed by atoms with van der Waals surface area (Å²) < 4.78 is 6.86. The number of anilines is 1. The maximum atomic E-state index is 11.8. The van der Waals surface area contributed by atoms with Crippen molar-refractivity contribution < 1.29 is 9.32 Å². The van der Waals surface area contributed by atoms with Crippen LogP contribution in [-0.4, -0.2) is 38.4 Å². The van der Waals surface area contributed by atoms with E-state index in [0.29, 0.717) is 30.6 Å². The van der Waals surface area contributed by atoms with E-state index in [9.17, 15) is 4.79 Å². The minimum absolute atomic E-state index is 0.0751. The van der Waals surface area contributed by atoms with Crippen LogP contribution in [0.5, 0.6) is 0 Å². The molecule has 3 heterocycles. The summed E-state index contributed by atoms with van der Waals surface area (Å²) in [4.78, 5) is 16.2. The molecule has 1 atom stereocenters. The van der Waals surface area contributed by atoms with Gasteiger partial charge >= 0.3 is 0 Å². The second-order valence-corrected chi connectivity index (χ2v) is 5.57.